The molecule has 0 aromatic carbocycles. The predicted octanol–water partition coefficient (Wildman–Crippen LogP) is 6.51. The molecule has 0 N–H and O–H groups in total. The molecular formula is C22H30OS. The molecule has 0 amide bonds. The van der Waals surface area contributed by atoms with Gasteiger partial charge in [-0.3, -0.25) is 4.79 Å². The molecule has 0 aliphatic heterocycles. The number of allylic oxidation sites excluding steroid dienone is 9. The Bertz CT molecular complexity index is 653. The summed E-state index contributed by atoms with van der Waals surface area (Å²) < 4.78 is 0. The minimum absolute atomic E-state index is 0.166. The summed E-state index contributed by atoms with van der Waals surface area (Å²) in [6.07, 6.45) is 17.4. The standard InChI is InChI=1S/C22H30OS/c1-16(10-13-20-17(2)7-6-14-22(20,3)4)19-9-5-8-18(11-12-19)15-21(23)24/h10-13,15H,5-9,14H2,1-4H3,(H,23,24)/b13-10+,18-15+,19-16-. The van der Waals surface area contributed by atoms with Crippen molar-refractivity contribution in [1.82, 2.24) is 0 Å². The second kappa shape index (κ2) is 8.20. The highest BCUT2D eigenvalue weighted by Crippen LogP contribution is 2.41. The number of carbonyl (C=O) groups excluding carboxylic acids is 1. The van der Waals surface area contributed by atoms with E-state index >= 15 is 0 Å². The zero-order valence-electron chi connectivity index (χ0n) is 15.5. The van der Waals surface area contributed by atoms with E-state index < -0.39 is 0 Å². The van der Waals surface area contributed by atoms with Gasteiger partial charge < -0.3 is 0 Å². The van der Waals surface area contributed by atoms with Crippen molar-refractivity contribution in [3.63, 3.8) is 0 Å². The second-order valence-corrected chi connectivity index (χ2v) is 8.16. The van der Waals surface area contributed by atoms with Crippen LogP contribution < -0.4 is 0 Å². The van der Waals surface area contributed by atoms with Crippen LogP contribution in [0.2, 0.25) is 0 Å². The summed E-state index contributed by atoms with van der Waals surface area (Å²) in [5.74, 6) is 0. The Labute approximate surface area is 152 Å². The molecular weight excluding hydrogens is 312 g/mol. The monoisotopic (exact) mass is 342 g/mol. The van der Waals surface area contributed by atoms with E-state index in [1.165, 1.54) is 41.6 Å². The zero-order valence-corrected chi connectivity index (χ0v) is 16.4. The first-order valence-electron chi connectivity index (χ1n) is 8.99. The summed E-state index contributed by atoms with van der Waals surface area (Å²) in [7, 11) is 0. The molecule has 0 saturated carbocycles. The smallest absolute Gasteiger partial charge is 0.209 e. The molecule has 0 fully saturated rings. The van der Waals surface area contributed by atoms with Crippen LogP contribution in [0.25, 0.3) is 0 Å². The molecule has 0 spiro atoms. The van der Waals surface area contributed by atoms with Crippen LogP contribution in [0, 0.1) is 5.41 Å². The lowest BCUT2D eigenvalue weighted by Crippen LogP contribution is -2.19. The molecule has 0 aromatic heterocycles. The topological polar surface area (TPSA) is 17.1 Å². The number of hydrogen-bond acceptors (Lipinski definition) is 1. The molecule has 0 heterocycles. The Hall–Kier alpha value is -1.28. The highest BCUT2D eigenvalue weighted by Gasteiger charge is 2.26. The molecule has 130 valence electrons. The van der Waals surface area contributed by atoms with Crippen molar-refractivity contribution in [3.05, 3.63) is 58.2 Å². The molecule has 2 heteroatoms. The maximum absolute atomic E-state index is 11.1. The van der Waals surface area contributed by atoms with Crippen molar-refractivity contribution in [1.29, 1.82) is 0 Å². The summed E-state index contributed by atoms with van der Waals surface area (Å²) in [6, 6.07) is 0. The van der Waals surface area contributed by atoms with E-state index in [2.05, 4.69) is 64.6 Å². The van der Waals surface area contributed by atoms with Gasteiger partial charge in [-0.2, -0.15) is 0 Å². The molecule has 0 unspecified atom stereocenters. The number of thiol groups is 1. The molecule has 2 aliphatic carbocycles. The molecule has 0 radical (unpaired) electrons. The predicted molar refractivity (Wildman–Crippen MR) is 107 cm³/mol. The number of carbonyl (C=O) groups is 1. The first kappa shape index (κ1) is 19.1. The van der Waals surface area contributed by atoms with Gasteiger partial charge in [-0.15, -0.1) is 12.6 Å². The lowest BCUT2D eigenvalue weighted by Gasteiger charge is -2.33. The summed E-state index contributed by atoms with van der Waals surface area (Å²) >= 11 is 3.85. The normalized spacial score (nSPS) is 25.3. The average molecular weight is 343 g/mol. The lowest BCUT2D eigenvalue weighted by atomic mass is 9.72. The van der Waals surface area contributed by atoms with E-state index in [4.69, 9.17) is 0 Å². The first-order chi connectivity index (χ1) is 11.3. The fourth-order valence-corrected chi connectivity index (χ4v) is 3.96. The van der Waals surface area contributed by atoms with E-state index in [0.29, 0.717) is 0 Å². The Morgan fingerprint density at radius 1 is 1.17 bits per heavy atom. The summed E-state index contributed by atoms with van der Waals surface area (Å²) in [5.41, 5.74) is 7.10. The SMILES string of the molecule is CC1=C(/C=C/C(C)=C2C=C/C(=C/C(=O)S)CCC\2)C(C)(C)CCC1. The Morgan fingerprint density at radius 3 is 2.58 bits per heavy atom. The minimum atomic E-state index is -0.166. The van der Waals surface area contributed by atoms with Gasteiger partial charge in [-0.25, -0.2) is 0 Å². The minimum Gasteiger partial charge on any atom is -0.283 e. The van der Waals surface area contributed by atoms with Gasteiger partial charge in [0.25, 0.3) is 0 Å². The van der Waals surface area contributed by atoms with Crippen LogP contribution in [0.15, 0.2) is 58.2 Å². The van der Waals surface area contributed by atoms with Crippen LogP contribution >= 0.6 is 12.6 Å². The van der Waals surface area contributed by atoms with Crippen LogP contribution in [0.4, 0.5) is 0 Å². The number of hydrogen-bond donors (Lipinski definition) is 1. The summed E-state index contributed by atoms with van der Waals surface area (Å²) in [5, 5.41) is -0.166. The Morgan fingerprint density at radius 2 is 1.92 bits per heavy atom. The van der Waals surface area contributed by atoms with Crippen LogP contribution in [0.1, 0.15) is 66.2 Å². The number of rotatable bonds is 3. The van der Waals surface area contributed by atoms with Crippen molar-refractivity contribution in [2.45, 2.75) is 66.2 Å². The summed E-state index contributed by atoms with van der Waals surface area (Å²) in [6.45, 7) is 9.18. The van der Waals surface area contributed by atoms with Gasteiger partial charge in [0.1, 0.15) is 0 Å². The first-order valence-corrected chi connectivity index (χ1v) is 9.44. The van der Waals surface area contributed by atoms with E-state index in [-0.39, 0.29) is 10.5 Å². The van der Waals surface area contributed by atoms with Crippen LogP contribution in [0.5, 0.6) is 0 Å². The van der Waals surface area contributed by atoms with Gasteiger partial charge >= 0.3 is 0 Å². The Kier molecular flexibility index (Phi) is 6.51. The molecule has 2 rings (SSSR count). The molecule has 0 aromatic rings. The van der Waals surface area contributed by atoms with Crippen molar-refractivity contribution in [3.8, 4) is 0 Å². The highest BCUT2D eigenvalue weighted by atomic mass is 32.1. The quantitative estimate of drug-likeness (QED) is 0.457. The molecule has 1 nitrogen and oxygen atoms in total. The Balaban J connectivity index is 2.23. The van der Waals surface area contributed by atoms with Crippen molar-refractivity contribution < 1.29 is 4.79 Å². The second-order valence-electron chi connectivity index (χ2n) is 7.72. The molecule has 24 heavy (non-hydrogen) atoms. The average Bonchev–Trinajstić information content (AvgIpc) is 2.71. The summed E-state index contributed by atoms with van der Waals surface area (Å²) in [4.78, 5) is 11.1. The highest BCUT2D eigenvalue weighted by molar-refractivity contribution is 7.97. The van der Waals surface area contributed by atoms with Gasteiger partial charge in [0.2, 0.25) is 5.12 Å². The lowest BCUT2D eigenvalue weighted by molar-refractivity contribution is -0.106. The van der Waals surface area contributed by atoms with Gasteiger partial charge in [-0.1, -0.05) is 43.7 Å². The van der Waals surface area contributed by atoms with Crippen LogP contribution in [-0.2, 0) is 4.79 Å². The van der Waals surface area contributed by atoms with Crippen LogP contribution in [-0.4, -0.2) is 5.12 Å². The third kappa shape index (κ3) is 5.11. The largest absolute Gasteiger partial charge is 0.283 e. The molecule has 0 saturated heterocycles. The van der Waals surface area contributed by atoms with Crippen molar-refractivity contribution >= 4 is 17.7 Å². The maximum atomic E-state index is 11.1. The third-order valence-corrected chi connectivity index (χ3v) is 5.40. The molecule has 0 atom stereocenters. The van der Waals surface area contributed by atoms with E-state index in [0.717, 1.165) is 24.8 Å². The van der Waals surface area contributed by atoms with Crippen LogP contribution in [0.3, 0.4) is 0 Å². The fourth-order valence-electron chi connectivity index (χ4n) is 3.79. The fraction of sp³-hybridized carbons (Fsp3) is 0.500. The van der Waals surface area contributed by atoms with Gasteiger partial charge in [0.15, 0.2) is 0 Å². The van der Waals surface area contributed by atoms with Crippen molar-refractivity contribution in [2.24, 2.45) is 5.41 Å². The third-order valence-electron chi connectivity index (χ3n) is 5.27. The maximum Gasteiger partial charge on any atom is 0.209 e. The zero-order chi connectivity index (χ0) is 17.7. The molecule has 0 bridgehead atoms. The van der Waals surface area contributed by atoms with E-state index in [9.17, 15) is 4.79 Å². The van der Waals surface area contributed by atoms with Gasteiger partial charge in [0.05, 0.1) is 0 Å². The van der Waals surface area contributed by atoms with Gasteiger partial charge in [0, 0.05) is 0 Å². The molecule has 2 aliphatic rings. The van der Waals surface area contributed by atoms with E-state index in [1.807, 2.05) is 0 Å². The van der Waals surface area contributed by atoms with Crippen molar-refractivity contribution in [2.75, 3.05) is 0 Å². The van der Waals surface area contributed by atoms with Gasteiger partial charge in [-0.05, 0) is 86.2 Å². The van der Waals surface area contributed by atoms with E-state index in [1.54, 1.807) is 6.08 Å².